The molecule has 0 heterocycles. The predicted molar refractivity (Wildman–Crippen MR) is 161 cm³/mol. The molecule has 1 N–H and O–H groups in total. The van der Waals surface area contributed by atoms with Crippen molar-refractivity contribution in [3.63, 3.8) is 0 Å². The van der Waals surface area contributed by atoms with Gasteiger partial charge in [-0.1, -0.05) is 80.4 Å². The van der Waals surface area contributed by atoms with Crippen LogP contribution in [0.1, 0.15) is 38.8 Å². The van der Waals surface area contributed by atoms with E-state index in [1.807, 2.05) is 32.9 Å². The molecule has 10 heteroatoms. The Bertz CT molecular complexity index is 1390. The molecule has 7 nitrogen and oxygen atoms in total. The molecule has 3 rings (SSSR count). The second-order valence-corrected chi connectivity index (χ2v) is 12.6. The highest BCUT2D eigenvalue weighted by Crippen LogP contribution is 2.28. The first-order valence-corrected chi connectivity index (χ1v) is 15.3. The molecular formula is C30H35Cl2N3O4S. The number of carbonyl (C=O) groups is 2. The van der Waals surface area contributed by atoms with Crippen LogP contribution in [0.3, 0.4) is 0 Å². The van der Waals surface area contributed by atoms with Crippen LogP contribution < -0.4 is 9.62 Å². The Morgan fingerprint density at radius 1 is 0.875 bits per heavy atom. The van der Waals surface area contributed by atoms with E-state index in [0.29, 0.717) is 27.8 Å². The number of benzene rings is 3. The van der Waals surface area contributed by atoms with Crippen LogP contribution in [-0.4, -0.2) is 44.3 Å². The summed E-state index contributed by atoms with van der Waals surface area (Å²) >= 11 is 12.8. The van der Waals surface area contributed by atoms with Crippen LogP contribution in [0.4, 0.5) is 5.69 Å². The maximum Gasteiger partial charge on any atom is 0.264 e. The van der Waals surface area contributed by atoms with Gasteiger partial charge in [0.25, 0.3) is 10.0 Å². The third-order valence-corrected chi connectivity index (χ3v) is 8.98. The highest BCUT2D eigenvalue weighted by molar-refractivity contribution is 7.92. The van der Waals surface area contributed by atoms with Gasteiger partial charge in [-0.05, 0) is 61.2 Å². The number of rotatable bonds is 12. The number of anilines is 1. The summed E-state index contributed by atoms with van der Waals surface area (Å²) in [6.07, 6.45) is 0.778. The zero-order valence-electron chi connectivity index (χ0n) is 23.1. The fraction of sp³-hybridized carbons (Fsp3) is 0.333. The molecule has 0 radical (unpaired) electrons. The summed E-state index contributed by atoms with van der Waals surface area (Å²) in [4.78, 5) is 28.5. The first-order valence-electron chi connectivity index (χ1n) is 13.1. The van der Waals surface area contributed by atoms with Crippen molar-refractivity contribution >= 4 is 50.7 Å². The minimum absolute atomic E-state index is 0.0470. The van der Waals surface area contributed by atoms with Gasteiger partial charge < -0.3 is 10.2 Å². The summed E-state index contributed by atoms with van der Waals surface area (Å²) in [5, 5.41) is 3.53. The van der Waals surface area contributed by atoms with Crippen LogP contribution in [0, 0.1) is 5.92 Å². The first kappa shape index (κ1) is 31.5. The molecule has 214 valence electrons. The number of hydrogen-bond donors (Lipinski definition) is 1. The van der Waals surface area contributed by atoms with Crippen molar-refractivity contribution in [2.24, 2.45) is 5.92 Å². The van der Waals surface area contributed by atoms with Gasteiger partial charge in [-0.15, -0.1) is 0 Å². The zero-order valence-corrected chi connectivity index (χ0v) is 25.4. The minimum atomic E-state index is -4.13. The number of carbonyl (C=O) groups excluding carboxylic acids is 2. The Balaban J connectivity index is 2.04. The number of amides is 2. The van der Waals surface area contributed by atoms with Gasteiger partial charge >= 0.3 is 0 Å². The maximum absolute atomic E-state index is 14.0. The van der Waals surface area contributed by atoms with Crippen LogP contribution in [0.2, 0.25) is 10.0 Å². The van der Waals surface area contributed by atoms with Gasteiger partial charge in [0.05, 0.1) is 10.6 Å². The number of nitrogens with zero attached hydrogens (tertiary/aromatic N) is 2. The lowest BCUT2D eigenvalue weighted by molar-refractivity contribution is -0.139. The van der Waals surface area contributed by atoms with Crippen molar-refractivity contribution in [1.82, 2.24) is 10.2 Å². The van der Waals surface area contributed by atoms with Crippen molar-refractivity contribution in [3.05, 3.63) is 94.0 Å². The van der Waals surface area contributed by atoms with Crippen molar-refractivity contribution in [2.45, 2.75) is 51.6 Å². The molecule has 0 aliphatic carbocycles. The van der Waals surface area contributed by atoms with E-state index in [9.17, 15) is 18.0 Å². The van der Waals surface area contributed by atoms with Gasteiger partial charge in [0, 0.05) is 28.7 Å². The van der Waals surface area contributed by atoms with Gasteiger partial charge in [0.2, 0.25) is 11.8 Å². The highest BCUT2D eigenvalue weighted by atomic mass is 35.5. The fourth-order valence-corrected chi connectivity index (χ4v) is 5.99. The van der Waals surface area contributed by atoms with E-state index in [4.69, 9.17) is 23.2 Å². The topological polar surface area (TPSA) is 86.8 Å². The average molecular weight is 605 g/mol. The number of halogens is 2. The predicted octanol–water partition coefficient (Wildman–Crippen LogP) is 5.94. The molecule has 1 atom stereocenters. The van der Waals surface area contributed by atoms with Crippen molar-refractivity contribution in [1.29, 1.82) is 0 Å². The monoisotopic (exact) mass is 603 g/mol. The lowest BCUT2D eigenvalue weighted by Crippen LogP contribution is -2.51. The summed E-state index contributed by atoms with van der Waals surface area (Å²) in [5.74, 6) is -0.742. The molecule has 0 bridgehead atoms. The zero-order chi connectivity index (χ0) is 29.4. The Labute approximate surface area is 247 Å². The lowest BCUT2D eigenvalue weighted by atomic mass is 10.1. The molecule has 3 aromatic carbocycles. The highest BCUT2D eigenvalue weighted by Gasteiger charge is 2.33. The Morgan fingerprint density at radius 3 is 2.02 bits per heavy atom. The molecule has 2 amide bonds. The van der Waals surface area contributed by atoms with E-state index >= 15 is 0 Å². The van der Waals surface area contributed by atoms with Crippen molar-refractivity contribution in [3.8, 4) is 0 Å². The maximum atomic E-state index is 14.0. The average Bonchev–Trinajstić information content (AvgIpc) is 2.94. The summed E-state index contributed by atoms with van der Waals surface area (Å²) < 4.78 is 28.7. The van der Waals surface area contributed by atoms with Crippen molar-refractivity contribution < 1.29 is 18.0 Å². The second-order valence-electron chi connectivity index (χ2n) is 9.88. The normalized spacial score (nSPS) is 12.2. The third kappa shape index (κ3) is 7.77. The standard InChI is InChI=1S/C30H35Cl2N3O4S/c1-5-23-14-16-24(17-15-23)35(40(38,39)25-10-7-6-8-11-25)20-29(36)34(22(4)30(37)33-18-21(2)3)19-26-27(31)12-9-13-28(26)32/h6-17,21-22H,5,18-20H2,1-4H3,(H,33,37)/t22-/m1/s1. The van der Waals surface area contributed by atoms with Gasteiger partial charge in [-0.2, -0.15) is 0 Å². The first-order chi connectivity index (χ1) is 18.9. The SMILES string of the molecule is CCc1ccc(N(CC(=O)N(Cc2c(Cl)cccc2Cl)[C@H](C)C(=O)NCC(C)C)S(=O)(=O)c2ccccc2)cc1. The van der Waals surface area contributed by atoms with E-state index in [1.54, 1.807) is 55.5 Å². The molecule has 3 aromatic rings. The van der Waals surface area contributed by atoms with Gasteiger partial charge in [-0.25, -0.2) is 8.42 Å². The summed E-state index contributed by atoms with van der Waals surface area (Å²) in [5.41, 5.74) is 1.83. The fourth-order valence-electron chi connectivity index (χ4n) is 4.04. The van der Waals surface area contributed by atoms with Crippen LogP contribution >= 0.6 is 23.2 Å². The second kappa shape index (κ2) is 14.0. The van der Waals surface area contributed by atoms with Crippen LogP contribution in [0.15, 0.2) is 77.7 Å². The van der Waals surface area contributed by atoms with Gasteiger partial charge in [-0.3, -0.25) is 13.9 Å². The minimum Gasteiger partial charge on any atom is -0.354 e. The molecule has 0 aliphatic heterocycles. The van der Waals surface area contributed by atoms with E-state index < -0.39 is 28.5 Å². The quantitative estimate of drug-likeness (QED) is 0.277. The molecule has 0 aliphatic rings. The Hall–Kier alpha value is -3.07. The van der Waals surface area contributed by atoms with E-state index in [0.717, 1.165) is 16.3 Å². The third-order valence-electron chi connectivity index (χ3n) is 6.48. The van der Waals surface area contributed by atoms with E-state index in [-0.39, 0.29) is 23.3 Å². The van der Waals surface area contributed by atoms with Crippen LogP contribution in [0.25, 0.3) is 0 Å². The largest absolute Gasteiger partial charge is 0.354 e. The number of sulfonamides is 1. The van der Waals surface area contributed by atoms with E-state index in [2.05, 4.69) is 5.32 Å². The number of hydrogen-bond acceptors (Lipinski definition) is 4. The summed E-state index contributed by atoms with van der Waals surface area (Å²) in [6.45, 7) is 7.34. The molecule has 40 heavy (non-hydrogen) atoms. The number of aryl methyl sites for hydroxylation is 1. The Morgan fingerprint density at radius 2 is 1.48 bits per heavy atom. The lowest BCUT2D eigenvalue weighted by Gasteiger charge is -2.32. The molecule has 0 spiro atoms. The van der Waals surface area contributed by atoms with E-state index in [1.165, 1.54) is 17.0 Å². The summed E-state index contributed by atoms with van der Waals surface area (Å²) in [7, 11) is -4.13. The summed E-state index contributed by atoms with van der Waals surface area (Å²) in [6, 6.07) is 19.0. The van der Waals surface area contributed by atoms with Crippen LogP contribution in [-0.2, 0) is 32.6 Å². The molecule has 0 saturated carbocycles. The molecule has 0 unspecified atom stereocenters. The van der Waals surface area contributed by atoms with Crippen molar-refractivity contribution in [2.75, 3.05) is 17.4 Å². The molecule has 0 fully saturated rings. The van der Waals surface area contributed by atoms with Crippen LogP contribution in [0.5, 0.6) is 0 Å². The van der Waals surface area contributed by atoms with Gasteiger partial charge in [0.15, 0.2) is 0 Å². The van der Waals surface area contributed by atoms with Gasteiger partial charge in [0.1, 0.15) is 12.6 Å². The smallest absolute Gasteiger partial charge is 0.264 e. The Kier molecular flexibility index (Phi) is 11.0. The number of nitrogens with one attached hydrogen (secondary N) is 1. The molecular weight excluding hydrogens is 569 g/mol. The molecule has 0 saturated heterocycles. The molecule has 0 aromatic heterocycles.